The quantitative estimate of drug-likeness (QED) is 0.394. The minimum Gasteiger partial charge on any atom is -0.489 e. The highest BCUT2D eigenvalue weighted by molar-refractivity contribution is 6.43. The second-order valence-corrected chi connectivity index (χ2v) is 7.92. The van der Waals surface area contributed by atoms with Crippen molar-refractivity contribution < 1.29 is 4.74 Å². The Bertz CT molecular complexity index is 1190. The third-order valence-corrected chi connectivity index (χ3v) is 6.01. The molecule has 0 spiro atoms. The molecule has 1 aliphatic rings. The van der Waals surface area contributed by atoms with E-state index < -0.39 is 0 Å². The van der Waals surface area contributed by atoms with Gasteiger partial charge in [0.2, 0.25) is 0 Å². The third-order valence-electron chi connectivity index (χ3n) is 5.19. The normalized spacial score (nSPS) is 12.5. The minimum absolute atomic E-state index is 0.531. The Morgan fingerprint density at radius 1 is 0.933 bits per heavy atom. The summed E-state index contributed by atoms with van der Waals surface area (Å²) >= 11 is 12.7. The fourth-order valence-electron chi connectivity index (χ4n) is 3.69. The largest absolute Gasteiger partial charge is 0.489 e. The minimum atomic E-state index is 0.531. The van der Waals surface area contributed by atoms with Crippen molar-refractivity contribution in [1.29, 1.82) is 0 Å². The third kappa shape index (κ3) is 3.53. The molecule has 5 rings (SSSR count). The van der Waals surface area contributed by atoms with Gasteiger partial charge in [0.15, 0.2) is 0 Å². The van der Waals surface area contributed by atoms with Crippen molar-refractivity contribution in [1.82, 2.24) is 9.78 Å². The van der Waals surface area contributed by atoms with Gasteiger partial charge in [-0.3, -0.25) is 0 Å². The smallest absolute Gasteiger partial charge is 0.133 e. The molecule has 150 valence electrons. The maximum Gasteiger partial charge on any atom is 0.133 e. The highest BCUT2D eigenvalue weighted by Gasteiger charge is 2.25. The van der Waals surface area contributed by atoms with Crippen LogP contribution in [0.2, 0.25) is 10.0 Å². The second-order valence-electron chi connectivity index (χ2n) is 7.13. The number of aromatic nitrogens is 2. The standard InChI is InChI=1S/C24H19Cl2N3O/c25-21-8-4-7-19(22(21)26)23-20-13-14-27-24(20)29(28-23)17-9-11-18(12-10-17)30-15-16-5-2-1-3-6-16/h1-12,27H,13-15H2. The number of halogens is 2. The molecule has 0 aliphatic carbocycles. The monoisotopic (exact) mass is 435 g/mol. The lowest BCUT2D eigenvalue weighted by molar-refractivity contribution is 0.306. The highest BCUT2D eigenvalue weighted by Crippen LogP contribution is 2.39. The first-order valence-electron chi connectivity index (χ1n) is 9.78. The molecule has 0 bridgehead atoms. The zero-order valence-corrected chi connectivity index (χ0v) is 17.6. The summed E-state index contributed by atoms with van der Waals surface area (Å²) in [6, 6.07) is 23.7. The summed E-state index contributed by atoms with van der Waals surface area (Å²) in [6.07, 6.45) is 0.895. The summed E-state index contributed by atoms with van der Waals surface area (Å²) in [5.41, 5.74) is 4.97. The van der Waals surface area contributed by atoms with Crippen LogP contribution in [0.4, 0.5) is 5.82 Å². The van der Waals surface area contributed by atoms with Gasteiger partial charge in [-0.1, -0.05) is 65.7 Å². The van der Waals surface area contributed by atoms with E-state index in [0.29, 0.717) is 16.7 Å². The van der Waals surface area contributed by atoms with Crippen molar-refractivity contribution in [2.24, 2.45) is 0 Å². The molecule has 0 unspecified atom stereocenters. The van der Waals surface area contributed by atoms with E-state index in [9.17, 15) is 0 Å². The first-order valence-corrected chi connectivity index (χ1v) is 10.5. The molecule has 3 aromatic carbocycles. The van der Waals surface area contributed by atoms with E-state index in [2.05, 4.69) is 17.4 Å². The van der Waals surface area contributed by atoms with Gasteiger partial charge >= 0.3 is 0 Å². The van der Waals surface area contributed by atoms with Crippen molar-refractivity contribution in [3.8, 4) is 22.7 Å². The van der Waals surface area contributed by atoms with Gasteiger partial charge in [-0.15, -0.1) is 0 Å². The van der Waals surface area contributed by atoms with Gasteiger partial charge in [0, 0.05) is 17.7 Å². The SMILES string of the molecule is Clc1cccc(-c2nn(-c3ccc(OCc4ccccc4)cc3)c3c2CCN3)c1Cl. The predicted octanol–water partition coefficient (Wildman–Crippen LogP) is 6.39. The summed E-state index contributed by atoms with van der Waals surface area (Å²) in [4.78, 5) is 0. The van der Waals surface area contributed by atoms with Crippen molar-refractivity contribution in [3.63, 3.8) is 0 Å². The summed E-state index contributed by atoms with van der Waals surface area (Å²) < 4.78 is 7.83. The van der Waals surface area contributed by atoms with E-state index in [4.69, 9.17) is 33.0 Å². The molecule has 0 amide bonds. The molecule has 4 aromatic rings. The fourth-order valence-corrected chi connectivity index (χ4v) is 4.08. The Balaban J connectivity index is 1.44. The van der Waals surface area contributed by atoms with Crippen molar-refractivity contribution in [3.05, 3.63) is 94.0 Å². The maximum absolute atomic E-state index is 6.47. The first-order chi connectivity index (χ1) is 14.7. The van der Waals surface area contributed by atoms with Crippen LogP contribution in [0, 0.1) is 0 Å². The molecule has 0 saturated carbocycles. The number of benzene rings is 3. The highest BCUT2D eigenvalue weighted by atomic mass is 35.5. The van der Waals surface area contributed by atoms with Crippen LogP contribution >= 0.6 is 23.2 Å². The van der Waals surface area contributed by atoms with Crippen LogP contribution in [-0.4, -0.2) is 16.3 Å². The van der Waals surface area contributed by atoms with E-state index in [1.807, 2.05) is 59.3 Å². The zero-order chi connectivity index (χ0) is 20.5. The molecule has 0 radical (unpaired) electrons. The van der Waals surface area contributed by atoms with E-state index in [1.165, 1.54) is 0 Å². The molecule has 1 N–H and O–H groups in total. The lowest BCUT2D eigenvalue weighted by Crippen LogP contribution is -2.04. The zero-order valence-electron chi connectivity index (χ0n) is 16.1. The number of nitrogens with zero attached hydrogens (tertiary/aromatic N) is 2. The average molecular weight is 436 g/mol. The molecule has 30 heavy (non-hydrogen) atoms. The Morgan fingerprint density at radius 3 is 2.53 bits per heavy atom. The Kier molecular flexibility index (Phi) is 5.11. The number of ether oxygens (including phenoxy) is 1. The molecular weight excluding hydrogens is 417 g/mol. The van der Waals surface area contributed by atoms with Gasteiger partial charge in [-0.25, -0.2) is 4.68 Å². The molecule has 0 fully saturated rings. The van der Waals surface area contributed by atoms with Crippen LogP contribution in [0.1, 0.15) is 11.1 Å². The maximum atomic E-state index is 6.47. The van der Waals surface area contributed by atoms with Gasteiger partial charge in [0.05, 0.1) is 21.4 Å². The molecular formula is C24H19Cl2N3O. The fraction of sp³-hybridized carbons (Fsp3) is 0.125. The summed E-state index contributed by atoms with van der Waals surface area (Å²) in [7, 11) is 0. The van der Waals surface area contributed by atoms with E-state index in [-0.39, 0.29) is 0 Å². The van der Waals surface area contributed by atoms with Crippen LogP contribution < -0.4 is 10.1 Å². The predicted molar refractivity (Wildman–Crippen MR) is 122 cm³/mol. The van der Waals surface area contributed by atoms with E-state index >= 15 is 0 Å². The van der Waals surface area contributed by atoms with Crippen LogP contribution in [0.5, 0.6) is 5.75 Å². The number of fused-ring (bicyclic) bond motifs is 1. The molecule has 1 aliphatic heterocycles. The average Bonchev–Trinajstić information content (AvgIpc) is 3.39. The van der Waals surface area contributed by atoms with Gasteiger partial charge in [0.1, 0.15) is 18.2 Å². The molecule has 0 saturated heterocycles. The summed E-state index contributed by atoms with van der Waals surface area (Å²) in [5.74, 6) is 1.82. The molecule has 2 heterocycles. The summed E-state index contributed by atoms with van der Waals surface area (Å²) in [5, 5.41) is 9.38. The topological polar surface area (TPSA) is 39.1 Å². The molecule has 1 aromatic heterocycles. The Labute approximate surface area is 185 Å². The van der Waals surface area contributed by atoms with Crippen LogP contribution in [-0.2, 0) is 13.0 Å². The first kappa shape index (κ1) is 19.0. The number of anilines is 1. The lowest BCUT2D eigenvalue weighted by atomic mass is 10.1. The molecule has 6 heteroatoms. The number of rotatable bonds is 5. The second kappa shape index (κ2) is 8.05. The van der Waals surface area contributed by atoms with Crippen molar-refractivity contribution in [2.75, 3.05) is 11.9 Å². The van der Waals surface area contributed by atoms with E-state index in [0.717, 1.165) is 52.6 Å². The van der Waals surface area contributed by atoms with Gasteiger partial charge in [-0.2, -0.15) is 5.10 Å². The number of nitrogens with one attached hydrogen (secondary N) is 1. The van der Waals surface area contributed by atoms with Gasteiger partial charge < -0.3 is 10.1 Å². The van der Waals surface area contributed by atoms with Gasteiger partial charge in [-0.05, 0) is 42.3 Å². The van der Waals surface area contributed by atoms with Crippen molar-refractivity contribution >= 4 is 29.0 Å². The van der Waals surface area contributed by atoms with E-state index in [1.54, 1.807) is 6.07 Å². The lowest BCUT2D eigenvalue weighted by Gasteiger charge is -2.09. The van der Waals surface area contributed by atoms with Gasteiger partial charge in [0.25, 0.3) is 0 Å². The van der Waals surface area contributed by atoms with Crippen LogP contribution in [0.25, 0.3) is 16.9 Å². The van der Waals surface area contributed by atoms with Crippen molar-refractivity contribution in [2.45, 2.75) is 13.0 Å². The number of hydrogen-bond donors (Lipinski definition) is 1. The van der Waals surface area contributed by atoms with Crippen LogP contribution in [0.3, 0.4) is 0 Å². The number of hydrogen-bond acceptors (Lipinski definition) is 3. The van der Waals surface area contributed by atoms with Crippen LogP contribution in [0.15, 0.2) is 72.8 Å². The molecule has 4 nitrogen and oxygen atoms in total. The Morgan fingerprint density at radius 2 is 1.73 bits per heavy atom. The summed E-state index contributed by atoms with van der Waals surface area (Å²) in [6.45, 7) is 1.41. The Hall–Kier alpha value is -2.95. The molecule has 0 atom stereocenters.